The first kappa shape index (κ1) is 10.1. The number of aryl methyl sites for hydroxylation is 1. The Labute approximate surface area is 98.5 Å². The maximum absolute atomic E-state index is 11.9. The normalized spacial score (nSPS) is 10.4. The minimum absolute atomic E-state index is 0.116. The molecule has 2 aromatic rings. The summed E-state index contributed by atoms with van der Waals surface area (Å²) in [7, 11) is 0. The van der Waals surface area contributed by atoms with Gasteiger partial charge in [0, 0.05) is 9.35 Å². The van der Waals surface area contributed by atoms with E-state index in [0.717, 1.165) is 19.1 Å². The summed E-state index contributed by atoms with van der Waals surface area (Å²) in [5.74, 6) is 0.116. The molecule has 0 unspecified atom stereocenters. The smallest absolute Gasteiger partial charge is 0.214 e. The summed E-state index contributed by atoms with van der Waals surface area (Å²) in [6.45, 7) is 2.00. The van der Waals surface area contributed by atoms with Crippen LogP contribution in [0.1, 0.15) is 19.4 Å². The first-order chi connectivity index (χ1) is 6.68. The van der Waals surface area contributed by atoms with Gasteiger partial charge in [-0.2, -0.15) is 0 Å². The van der Waals surface area contributed by atoms with E-state index in [1.807, 2.05) is 30.5 Å². The minimum atomic E-state index is 0.116. The van der Waals surface area contributed by atoms with Gasteiger partial charge < -0.3 is 0 Å². The average molecular weight is 287 g/mol. The molecule has 14 heavy (non-hydrogen) atoms. The molecule has 72 valence electrons. The summed E-state index contributed by atoms with van der Waals surface area (Å²) >= 11 is 6.41. The number of rotatable bonds is 2. The lowest BCUT2D eigenvalue weighted by atomic mass is 10.3. The molecular formula is C10H7BrOS2. The van der Waals surface area contributed by atoms with Crippen LogP contribution in [0.2, 0.25) is 0 Å². The fourth-order valence-electron chi connectivity index (χ4n) is 1.16. The maximum atomic E-state index is 11.9. The van der Waals surface area contributed by atoms with Crippen LogP contribution in [0.4, 0.5) is 0 Å². The zero-order chi connectivity index (χ0) is 10.1. The third kappa shape index (κ3) is 1.82. The lowest BCUT2D eigenvalue weighted by molar-refractivity contribution is 0.104. The van der Waals surface area contributed by atoms with E-state index in [-0.39, 0.29) is 5.78 Å². The quantitative estimate of drug-likeness (QED) is 0.760. The third-order valence-corrected chi connectivity index (χ3v) is 4.57. The monoisotopic (exact) mass is 286 g/mol. The molecule has 0 bridgehead atoms. The van der Waals surface area contributed by atoms with E-state index in [9.17, 15) is 4.79 Å². The van der Waals surface area contributed by atoms with Gasteiger partial charge in [-0.25, -0.2) is 0 Å². The predicted molar refractivity (Wildman–Crippen MR) is 64.5 cm³/mol. The highest BCUT2D eigenvalue weighted by Gasteiger charge is 2.15. The lowest BCUT2D eigenvalue weighted by Gasteiger charge is -1.93. The van der Waals surface area contributed by atoms with Gasteiger partial charge >= 0.3 is 0 Å². The molecule has 0 radical (unpaired) electrons. The van der Waals surface area contributed by atoms with Crippen molar-refractivity contribution in [1.29, 1.82) is 0 Å². The van der Waals surface area contributed by atoms with Crippen molar-refractivity contribution in [3.63, 3.8) is 0 Å². The van der Waals surface area contributed by atoms with Crippen molar-refractivity contribution in [2.24, 2.45) is 0 Å². The van der Waals surface area contributed by atoms with Crippen LogP contribution in [0.25, 0.3) is 0 Å². The number of halogens is 1. The summed E-state index contributed by atoms with van der Waals surface area (Å²) in [4.78, 5) is 14.7. The van der Waals surface area contributed by atoms with Crippen LogP contribution in [0.5, 0.6) is 0 Å². The summed E-state index contributed by atoms with van der Waals surface area (Å²) in [5, 5.41) is 1.92. The molecule has 2 aromatic heterocycles. The molecule has 0 spiro atoms. The highest BCUT2D eigenvalue weighted by molar-refractivity contribution is 9.10. The van der Waals surface area contributed by atoms with Crippen LogP contribution in [-0.4, -0.2) is 5.78 Å². The first-order valence-corrected chi connectivity index (χ1v) is 6.51. The van der Waals surface area contributed by atoms with E-state index in [4.69, 9.17) is 0 Å². The van der Waals surface area contributed by atoms with Gasteiger partial charge in [0.25, 0.3) is 0 Å². The fraction of sp³-hybridized carbons (Fsp3) is 0.100. The molecule has 2 rings (SSSR count). The van der Waals surface area contributed by atoms with Gasteiger partial charge in [0.1, 0.15) is 0 Å². The van der Waals surface area contributed by atoms with Crippen molar-refractivity contribution in [2.75, 3.05) is 0 Å². The molecule has 0 amide bonds. The Morgan fingerprint density at radius 3 is 2.79 bits per heavy atom. The summed E-state index contributed by atoms with van der Waals surface area (Å²) in [6, 6.07) is 5.73. The highest BCUT2D eigenvalue weighted by Crippen LogP contribution is 2.29. The van der Waals surface area contributed by atoms with Crippen molar-refractivity contribution < 1.29 is 4.79 Å². The van der Waals surface area contributed by atoms with E-state index in [1.165, 1.54) is 22.7 Å². The number of hydrogen-bond donors (Lipinski definition) is 0. The van der Waals surface area contributed by atoms with Gasteiger partial charge in [0.2, 0.25) is 5.78 Å². The Morgan fingerprint density at radius 2 is 2.29 bits per heavy atom. The van der Waals surface area contributed by atoms with Crippen molar-refractivity contribution in [1.82, 2.24) is 0 Å². The van der Waals surface area contributed by atoms with Gasteiger partial charge in [-0.1, -0.05) is 6.07 Å². The molecule has 0 aliphatic rings. The molecule has 4 heteroatoms. The minimum Gasteiger partial charge on any atom is -0.287 e. The Kier molecular flexibility index (Phi) is 2.85. The molecule has 0 aliphatic carbocycles. The molecule has 0 atom stereocenters. The van der Waals surface area contributed by atoms with Crippen molar-refractivity contribution >= 4 is 44.4 Å². The van der Waals surface area contributed by atoms with Crippen LogP contribution in [0, 0.1) is 6.92 Å². The van der Waals surface area contributed by atoms with Crippen LogP contribution in [0.3, 0.4) is 0 Å². The van der Waals surface area contributed by atoms with Crippen LogP contribution in [0.15, 0.2) is 28.1 Å². The number of carbonyl (C=O) groups excluding carboxylic acids is 1. The summed E-state index contributed by atoms with van der Waals surface area (Å²) in [6.07, 6.45) is 0. The zero-order valence-electron chi connectivity index (χ0n) is 7.41. The molecule has 0 saturated carbocycles. The number of ketones is 1. The van der Waals surface area contributed by atoms with Gasteiger partial charge in [-0.3, -0.25) is 4.79 Å². The molecule has 0 saturated heterocycles. The highest BCUT2D eigenvalue weighted by atomic mass is 79.9. The van der Waals surface area contributed by atoms with Crippen LogP contribution < -0.4 is 0 Å². The second-order valence-electron chi connectivity index (χ2n) is 2.84. The second-order valence-corrected chi connectivity index (χ2v) is 5.90. The largest absolute Gasteiger partial charge is 0.287 e. The van der Waals surface area contributed by atoms with E-state index < -0.39 is 0 Å². The molecule has 0 aromatic carbocycles. The Balaban J connectivity index is 2.41. The van der Waals surface area contributed by atoms with Crippen molar-refractivity contribution in [3.05, 3.63) is 42.7 Å². The van der Waals surface area contributed by atoms with Gasteiger partial charge in [0.05, 0.1) is 9.75 Å². The standard InChI is InChI=1S/C10H7BrOS2/c1-6-5-7(11)10(14-6)9(12)8-3-2-4-13-8/h2-5H,1H3. The van der Waals surface area contributed by atoms with E-state index in [2.05, 4.69) is 15.9 Å². The zero-order valence-corrected chi connectivity index (χ0v) is 10.6. The number of hydrogen-bond acceptors (Lipinski definition) is 3. The molecule has 0 N–H and O–H groups in total. The third-order valence-electron chi connectivity index (χ3n) is 1.76. The molecule has 0 aliphatic heterocycles. The summed E-state index contributed by atoms with van der Waals surface area (Å²) < 4.78 is 0.901. The SMILES string of the molecule is Cc1cc(Br)c(C(=O)c2cccs2)s1. The van der Waals surface area contributed by atoms with Crippen molar-refractivity contribution in [2.45, 2.75) is 6.92 Å². The number of carbonyl (C=O) groups is 1. The van der Waals surface area contributed by atoms with Gasteiger partial charge in [-0.15, -0.1) is 22.7 Å². The predicted octanol–water partition coefficient (Wildman–Crippen LogP) is 4.11. The average Bonchev–Trinajstić information content (AvgIpc) is 2.73. The topological polar surface area (TPSA) is 17.1 Å². The van der Waals surface area contributed by atoms with E-state index in [0.29, 0.717) is 0 Å². The Hall–Kier alpha value is -0.450. The molecular weight excluding hydrogens is 280 g/mol. The number of thiophene rings is 2. The summed E-state index contributed by atoms with van der Waals surface area (Å²) in [5.41, 5.74) is 0. The van der Waals surface area contributed by atoms with Crippen LogP contribution >= 0.6 is 38.6 Å². The van der Waals surface area contributed by atoms with E-state index in [1.54, 1.807) is 0 Å². The van der Waals surface area contributed by atoms with Gasteiger partial charge in [0.15, 0.2) is 0 Å². The first-order valence-electron chi connectivity index (χ1n) is 4.02. The maximum Gasteiger partial charge on any atom is 0.214 e. The Morgan fingerprint density at radius 1 is 1.50 bits per heavy atom. The van der Waals surface area contributed by atoms with E-state index >= 15 is 0 Å². The Bertz CT molecular complexity index is 456. The van der Waals surface area contributed by atoms with Gasteiger partial charge in [-0.05, 0) is 40.4 Å². The lowest BCUT2D eigenvalue weighted by Crippen LogP contribution is -1.95. The van der Waals surface area contributed by atoms with Crippen LogP contribution in [-0.2, 0) is 0 Å². The molecule has 0 fully saturated rings. The molecule has 1 nitrogen and oxygen atoms in total. The molecule has 2 heterocycles. The van der Waals surface area contributed by atoms with Crippen molar-refractivity contribution in [3.8, 4) is 0 Å². The second kappa shape index (κ2) is 3.96. The fourth-order valence-corrected chi connectivity index (χ4v) is 3.67.